The van der Waals surface area contributed by atoms with Gasteiger partial charge in [-0.15, -0.1) is 0 Å². The molecule has 1 aliphatic rings. The molecule has 0 radical (unpaired) electrons. The molecule has 0 unspecified atom stereocenters. The number of hydrogen-bond donors (Lipinski definition) is 0. The largest absolute Gasteiger partial charge is 0.380 e. The van der Waals surface area contributed by atoms with Crippen molar-refractivity contribution in [1.29, 1.82) is 0 Å². The van der Waals surface area contributed by atoms with Gasteiger partial charge in [0.2, 0.25) is 0 Å². The lowest BCUT2D eigenvalue weighted by Gasteiger charge is -2.23. The predicted octanol–water partition coefficient (Wildman–Crippen LogP) is 2.39. The van der Waals surface area contributed by atoms with Crippen LogP contribution in [0.2, 0.25) is 0 Å². The van der Waals surface area contributed by atoms with Crippen LogP contribution in [0, 0.1) is 0 Å². The molecular formula is C10H21F2NO. The van der Waals surface area contributed by atoms with Gasteiger partial charge in [-0.3, -0.25) is 4.90 Å². The molecular weight excluding hydrogens is 188 g/mol. The van der Waals surface area contributed by atoms with Gasteiger partial charge < -0.3 is 4.74 Å². The molecule has 0 aliphatic carbocycles. The molecule has 2 atom stereocenters. The molecule has 1 heterocycles. The summed E-state index contributed by atoms with van der Waals surface area (Å²) in [5.41, 5.74) is 0. The van der Waals surface area contributed by atoms with Gasteiger partial charge in [-0.2, -0.15) is 0 Å². The smallest absolute Gasteiger partial charge is 0.262 e. The average molecular weight is 209 g/mol. The maximum Gasteiger partial charge on any atom is 0.262 e. The summed E-state index contributed by atoms with van der Waals surface area (Å²) in [6.45, 7) is 5.67. The van der Waals surface area contributed by atoms with Gasteiger partial charge >= 0.3 is 0 Å². The summed E-state index contributed by atoms with van der Waals surface area (Å²) in [5, 5.41) is 0. The number of hydrogen-bond acceptors (Lipinski definition) is 2. The molecule has 0 amide bonds. The summed E-state index contributed by atoms with van der Waals surface area (Å²) in [5.74, 6) is -2.54. The standard InChI is InChI=1S/C8H15F2NO.C2H6/c1-6(12-3)7-4-8(9,10)5-11(7)2;1-2/h6-7H,4-5H2,1-3H3;1-2H3/t6-,7-;/m0./s1. The van der Waals surface area contributed by atoms with E-state index in [1.165, 1.54) is 0 Å². The first-order valence-corrected chi connectivity index (χ1v) is 5.07. The summed E-state index contributed by atoms with van der Waals surface area (Å²) in [4.78, 5) is 1.66. The fraction of sp³-hybridized carbons (Fsp3) is 1.00. The lowest BCUT2D eigenvalue weighted by atomic mass is 10.1. The van der Waals surface area contributed by atoms with E-state index in [-0.39, 0.29) is 25.1 Å². The molecule has 14 heavy (non-hydrogen) atoms. The molecule has 0 bridgehead atoms. The average Bonchev–Trinajstić information content (AvgIpc) is 2.42. The van der Waals surface area contributed by atoms with Crippen molar-refractivity contribution in [2.75, 3.05) is 20.7 Å². The zero-order valence-corrected chi connectivity index (χ0v) is 9.68. The zero-order valence-electron chi connectivity index (χ0n) is 9.68. The van der Waals surface area contributed by atoms with E-state index in [4.69, 9.17) is 4.74 Å². The van der Waals surface area contributed by atoms with Crippen molar-refractivity contribution in [2.24, 2.45) is 0 Å². The fourth-order valence-electron chi connectivity index (χ4n) is 1.69. The Hall–Kier alpha value is -0.220. The van der Waals surface area contributed by atoms with Crippen LogP contribution in [0.25, 0.3) is 0 Å². The van der Waals surface area contributed by atoms with E-state index in [9.17, 15) is 8.78 Å². The zero-order chi connectivity index (χ0) is 11.4. The van der Waals surface area contributed by atoms with Crippen LogP contribution in [-0.4, -0.2) is 43.7 Å². The second kappa shape index (κ2) is 5.61. The minimum absolute atomic E-state index is 0.0848. The van der Waals surface area contributed by atoms with Crippen LogP contribution in [0.4, 0.5) is 8.78 Å². The number of likely N-dealkylation sites (N-methyl/N-ethyl adjacent to an activating group) is 1. The van der Waals surface area contributed by atoms with Crippen LogP contribution in [0.5, 0.6) is 0 Å². The third-order valence-electron chi connectivity index (χ3n) is 2.47. The van der Waals surface area contributed by atoms with Crippen LogP contribution in [0.3, 0.4) is 0 Å². The number of nitrogens with zero attached hydrogens (tertiary/aromatic N) is 1. The van der Waals surface area contributed by atoms with Gasteiger partial charge in [-0.1, -0.05) is 13.8 Å². The Morgan fingerprint density at radius 1 is 1.43 bits per heavy atom. The van der Waals surface area contributed by atoms with Crippen molar-refractivity contribution < 1.29 is 13.5 Å². The number of halogens is 2. The first-order valence-electron chi connectivity index (χ1n) is 5.07. The van der Waals surface area contributed by atoms with E-state index in [0.29, 0.717) is 0 Å². The van der Waals surface area contributed by atoms with E-state index in [1.807, 2.05) is 20.8 Å². The van der Waals surface area contributed by atoms with Crippen molar-refractivity contribution in [3.05, 3.63) is 0 Å². The van der Waals surface area contributed by atoms with Crippen LogP contribution < -0.4 is 0 Å². The summed E-state index contributed by atoms with van der Waals surface area (Å²) in [6, 6.07) is -0.148. The molecule has 86 valence electrons. The van der Waals surface area contributed by atoms with E-state index in [2.05, 4.69) is 0 Å². The Morgan fingerprint density at radius 3 is 2.21 bits per heavy atom. The monoisotopic (exact) mass is 209 g/mol. The Kier molecular flexibility index (Phi) is 5.52. The molecule has 1 aliphatic heterocycles. The minimum Gasteiger partial charge on any atom is -0.380 e. The summed E-state index contributed by atoms with van der Waals surface area (Å²) in [6.07, 6.45) is -0.207. The van der Waals surface area contributed by atoms with Crippen LogP contribution in [0.1, 0.15) is 27.2 Å². The van der Waals surface area contributed by atoms with E-state index in [0.717, 1.165) is 0 Å². The topological polar surface area (TPSA) is 12.5 Å². The number of methoxy groups -OCH3 is 1. The van der Waals surface area contributed by atoms with Gasteiger partial charge in [0.1, 0.15) is 0 Å². The second-order valence-electron chi connectivity index (χ2n) is 3.48. The molecule has 0 N–H and O–H groups in total. The molecule has 0 aromatic rings. The number of ether oxygens (including phenoxy) is 1. The highest BCUT2D eigenvalue weighted by molar-refractivity contribution is 4.91. The van der Waals surface area contributed by atoms with Crippen LogP contribution in [0.15, 0.2) is 0 Å². The molecule has 0 aromatic carbocycles. The van der Waals surface area contributed by atoms with Gasteiger partial charge in [0.15, 0.2) is 0 Å². The molecule has 1 fully saturated rings. The van der Waals surface area contributed by atoms with Gasteiger partial charge in [0, 0.05) is 19.6 Å². The highest BCUT2D eigenvalue weighted by Gasteiger charge is 2.45. The van der Waals surface area contributed by atoms with Gasteiger partial charge in [0.05, 0.1) is 12.6 Å². The highest BCUT2D eigenvalue weighted by atomic mass is 19.3. The second-order valence-corrected chi connectivity index (χ2v) is 3.48. The van der Waals surface area contributed by atoms with Gasteiger partial charge in [-0.05, 0) is 14.0 Å². The summed E-state index contributed by atoms with van der Waals surface area (Å²) in [7, 11) is 3.26. The molecule has 0 spiro atoms. The first kappa shape index (κ1) is 13.8. The van der Waals surface area contributed by atoms with Crippen molar-refractivity contribution in [1.82, 2.24) is 4.90 Å². The SMILES string of the molecule is CC.CO[C@@H](C)[C@@H]1CC(F)(F)CN1C. The maximum absolute atomic E-state index is 12.8. The van der Waals surface area contributed by atoms with Crippen molar-refractivity contribution in [3.8, 4) is 0 Å². The van der Waals surface area contributed by atoms with E-state index >= 15 is 0 Å². The quantitative estimate of drug-likeness (QED) is 0.692. The predicted molar refractivity (Wildman–Crippen MR) is 53.8 cm³/mol. The number of likely N-dealkylation sites (tertiary alicyclic amines) is 1. The lowest BCUT2D eigenvalue weighted by Crippen LogP contribution is -2.35. The Morgan fingerprint density at radius 2 is 1.93 bits per heavy atom. The van der Waals surface area contributed by atoms with E-state index < -0.39 is 5.92 Å². The lowest BCUT2D eigenvalue weighted by molar-refractivity contribution is 0.0106. The highest BCUT2D eigenvalue weighted by Crippen LogP contribution is 2.32. The van der Waals surface area contributed by atoms with Crippen molar-refractivity contribution in [2.45, 2.75) is 45.3 Å². The molecule has 1 rings (SSSR count). The van der Waals surface area contributed by atoms with E-state index in [1.54, 1.807) is 19.1 Å². The molecule has 2 nitrogen and oxygen atoms in total. The summed E-state index contributed by atoms with van der Waals surface area (Å²) >= 11 is 0. The normalized spacial score (nSPS) is 28.1. The Bertz CT molecular complexity index is 164. The maximum atomic E-state index is 12.8. The fourth-order valence-corrected chi connectivity index (χ4v) is 1.69. The van der Waals surface area contributed by atoms with Gasteiger partial charge in [-0.25, -0.2) is 8.78 Å². The van der Waals surface area contributed by atoms with Crippen molar-refractivity contribution >= 4 is 0 Å². The molecule has 0 aromatic heterocycles. The molecule has 4 heteroatoms. The number of alkyl halides is 2. The third kappa shape index (κ3) is 3.50. The molecule has 0 saturated carbocycles. The summed E-state index contributed by atoms with van der Waals surface area (Å²) < 4.78 is 30.7. The first-order chi connectivity index (χ1) is 6.46. The Balaban J connectivity index is 0.000000791. The molecule has 1 saturated heterocycles. The third-order valence-corrected chi connectivity index (χ3v) is 2.47. The number of rotatable bonds is 2. The van der Waals surface area contributed by atoms with Crippen LogP contribution >= 0.6 is 0 Å². The minimum atomic E-state index is -2.54. The Labute approximate surface area is 85.2 Å². The van der Waals surface area contributed by atoms with Gasteiger partial charge in [0.25, 0.3) is 5.92 Å². The van der Waals surface area contributed by atoms with Crippen molar-refractivity contribution in [3.63, 3.8) is 0 Å². The van der Waals surface area contributed by atoms with Crippen LogP contribution in [-0.2, 0) is 4.74 Å².